The summed E-state index contributed by atoms with van der Waals surface area (Å²) in [5, 5.41) is 8.22. The monoisotopic (exact) mass is 261 g/mol. The van der Waals surface area contributed by atoms with E-state index in [1.54, 1.807) is 0 Å². The largest absolute Gasteiger partial charge is 0.480 e. The van der Waals surface area contributed by atoms with E-state index in [4.69, 9.17) is 22.4 Å². The molecule has 7 heteroatoms. The number of aliphatic carboxylic acids is 1. The molecule has 1 atom stereocenters. The van der Waals surface area contributed by atoms with Crippen molar-refractivity contribution in [2.75, 3.05) is 12.5 Å². The number of halogens is 2. The highest BCUT2D eigenvalue weighted by atomic mass is 79.9. The summed E-state index contributed by atoms with van der Waals surface area (Å²) < 4.78 is 4.34. The van der Waals surface area contributed by atoms with E-state index in [0.29, 0.717) is 0 Å². The Morgan fingerprint density at radius 3 is 2.42 bits per heavy atom. The third-order valence-corrected chi connectivity index (χ3v) is 1.07. The Hall–Kier alpha value is -0.330. The summed E-state index contributed by atoms with van der Waals surface area (Å²) in [5.41, 5.74) is 5.00. The smallest absolute Gasteiger partial charge is 0.324 e. The lowest BCUT2D eigenvalue weighted by Crippen LogP contribution is -2.35. The fourth-order valence-electron chi connectivity index (χ4n) is 0.293. The molecule has 3 N–H and O–H groups in total. The minimum atomic E-state index is -1.22. The first kappa shape index (κ1) is 14.2. The zero-order valence-electron chi connectivity index (χ0n) is 6.03. The molecule has 0 fully saturated rings. The highest BCUT2D eigenvalue weighted by molar-refractivity contribution is 8.93. The molecule has 72 valence electrons. The number of ether oxygens (including phenoxy) is 1. The second-order valence-corrected chi connectivity index (χ2v) is 2.03. The van der Waals surface area contributed by atoms with Crippen LogP contribution in [0.25, 0.3) is 0 Å². The lowest BCUT2D eigenvalue weighted by atomic mass is 10.3. The predicted molar refractivity (Wildman–Crippen MR) is 47.6 cm³/mol. The molecule has 5 nitrogen and oxygen atoms in total. The first-order chi connectivity index (χ1) is 5.07. The van der Waals surface area contributed by atoms with E-state index in [-0.39, 0.29) is 29.5 Å². The van der Waals surface area contributed by atoms with Crippen LogP contribution in [0.2, 0.25) is 0 Å². The molecule has 0 aliphatic rings. The van der Waals surface area contributed by atoms with E-state index in [9.17, 15) is 9.59 Å². The number of carboxylic acid groups (broad SMARTS) is 1. The van der Waals surface area contributed by atoms with Crippen LogP contribution in [-0.2, 0) is 14.3 Å². The molecular formula is C5H9BrClNO4. The molecule has 0 saturated carbocycles. The van der Waals surface area contributed by atoms with Crippen LogP contribution in [-0.4, -0.2) is 35.6 Å². The van der Waals surface area contributed by atoms with Crippen molar-refractivity contribution in [3.8, 4) is 0 Å². The highest BCUT2D eigenvalue weighted by Gasteiger charge is 2.13. The third kappa shape index (κ3) is 6.38. The van der Waals surface area contributed by atoms with Crippen molar-refractivity contribution in [2.45, 2.75) is 6.04 Å². The van der Waals surface area contributed by atoms with Crippen LogP contribution >= 0.6 is 28.6 Å². The van der Waals surface area contributed by atoms with E-state index in [0.717, 1.165) is 0 Å². The second kappa shape index (κ2) is 7.33. The van der Waals surface area contributed by atoms with Gasteiger partial charge in [0.1, 0.15) is 18.5 Å². The van der Waals surface area contributed by atoms with Crippen molar-refractivity contribution in [1.29, 1.82) is 0 Å². The van der Waals surface area contributed by atoms with Crippen LogP contribution in [0, 0.1) is 0 Å². The maximum Gasteiger partial charge on any atom is 0.324 e. The van der Waals surface area contributed by atoms with Gasteiger partial charge in [0.05, 0.1) is 0 Å². The number of alkyl halides is 1. The van der Waals surface area contributed by atoms with Crippen molar-refractivity contribution < 1.29 is 19.4 Å². The van der Waals surface area contributed by atoms with Gasteiger partial charge in [-0.3, -0.25) is 9.59 Å². The molecule has 0 rings (SSSR count). The van der Waals surface area contributed by atoms with Gasteiger partial charge in [-0.2, -0.15) is 0 Å². The van der Waals surface area contributed by atoms with Gasteiger partial charge in [0.2, 0.25) is 0 Å². The number of hydrogen-bond acceptors (Lipinski definition) is 4. The number of carbonyl (C=O) groups is 2. The van der Waals surface area contributed by atoms with Gasteiger partial charge in [0, 0.05) is 0 Å². The first-order valence-corrected chi connectivity index (χ1v) is 3.31. The van der Waals surface area contributed by atoms with Crippen LogP contribution in [0.3, 0.4) is 0 Å². The molecule has 0 aromatic heterocycles. The number of rotatable bonds is 4. The number of nitrogens with two attached hydrogens (primary N) is 1. The van der Waals surface area contributed by atoms with Crippen LogP contribution < -0.4 is 5.73 Å². The van der Waals surface area contributed by atoms with Crippen LogP contribution in [0.4, 0.5) is 0 Å². The van der Waals surface area contributed by atoms with Crippen molar-refractivity contribution in [1.82, 2.24) is 0 Å². The Morgan fingerprint density at radius 1 is 1.58 bits per heavy atom. The minimum Gasteiger partial charge on any atom is -0.480 e. The molecule has 0 amide bonds. The topological polar surface area (TPSA) is 89.6 Å². The Balaban J connectivity index is 0. The zero-order chi connectivity index (χ0) is 8.85. The standard InChI is InChI=1S/C5H8ClNO4.BrH/c6-1-4(8)11-2-3(7)5(9)10;/h3H,1-2,7H2,(H,9,10);1H. The summed E-state index contributed by atoms with van der Waals surface area (Å²) in [7, 11) is 0. The first-order valence-electron chi connectivity index (χ1n) is 2.78. The van der Waals surface area contributed by atoms with Gasteiger partial charge in [0.15, 0.2) is 0 Å². The van der Waals surface area contributed by atoms with Crippen LogP contribution in [0.1, 0.15) is 0 Å². The molecule has 0 heterocycles. The van der Waals surface area contributed by atoms with Gasteiger partial charge in [-0.1, -0.05) is 0 Å². The molecule has 12 heavy (non-hydrogen) atoms. The SMILES string of the molecule is Br.NC(COC(=O)CCl)C(=O)O. The molecule has 0 bridgehead atoms. The Bertz CT molecular complexity index is 166. The molecule has 0 spiro atoms. The van der Waals surface area contributed by atoms with Crippen molar-refractivity contribution >= 4 is 40.5 Å². The molecule has 0 aliphatic carbocycles. The van der Waals surface area contributed by atoms with Crippen LogP contribution in [0.5, 0.6) is 0 Å². The molecule has 0 aromatic carbocycles. The predicted octanol–water partition coefficient (Wildman–Crippen LogP) is -0.242. The zero-order valence-corrected chi connectivity index (χ0v) is 8.50. The fourth-order valence-corrected chi connectivity index (χ4v) is 0.370. The van der Waals surface area contributed by atoms with E-state index >= 15 is 0 Å². The van der Waals surface area contributed by atoms with Crippen molar-refractivity contribution in [3.05, 3.63) is 0 Å². The minimum absolute atomic E-state index is 0. The van der Waals surface area contributed by atoms with Crippen LogP contribution in [0.15, 0.2) is 0 Å². The summed E-state index contributed by atoms with van der Waals surface area (Å²) in [5.74, 6) is -2.19. The van der Waals surface area contributed by atoms with E-state index in [2.05, 4.69) is 4.74 Å². The summed E-state index contributed by atoms with van der Waals surface area (Å²) in [6.45, 7) is -0.346. The van der Waals surface area contributed by atoms with E-state index in [1.165, 1.54) is 0 Å². The average molecular weight is 262 g/mol. The Labute approximate surface area is 84.6 Å². The van der Waals surface area contributed by atoms with Crippen molar-refractivity contribution in [2.24, 2.45) is 5.73 Å². The maximum atomic E-state index is 10.3. The average Bonchev–Trinajstić information content (AvgIpc) is 1.99. The molecule has 1 unspecified atom stereocenters. The van der Waals surface area contributed by atoms with Crippen molar-refractivity contribution in [3.63, 3.8) is 0 Å². The lowest BCUT2D eigenvalue weighted by Gasteiger charge is -2.05. The molecule has 0 aromatic rings. The number of carboxylic acids is 1. The van der Waals surface area contributed by atoms with Gasteiger partial charge in [-0.15, -0.1) is 28.6 Å². The quantitative estimate of drug-likeness (QED) is 0.539. The number of hydrogen-bond donors (Lipinski definition) is 2. The third-order valence-electron chi connectivity index (χ3n) is 0.850. The second-order valence-electron chi connectivity index (χ2n) is 1.76. The lowest BCUT2D eigenvalue weighted by molar-refractivity contribution is -0.145. The maximum absolute atomic E-state index is 10.3. The molecule has 0 saturated heterocycles. The molecule has 0 aliphatic heterocycles. The number of esters is 1. The Kier molecular flexibility index (Phi) is 8.67. The van der Waals surface area contributed by atoms with E-state index < -0.39 is 18.0 Å². The summed E-state index contributed by atoms with van der Waals surface area (Å²) >= 11 is 5.05. The summed E-state index contributed by atoms with van der Waals surface area (Å²) in [6.07, 6.45) is 0. The normalized spacial score (nSPS) is 11.2. The highest BCUT2D eigenvalue weighted by Crippen LogP contribution is 1.86. The van der Waals surface area contributed by atoms with E-state index in [1.807, 2.05) is 0 Å². The number of carbonyl (C=O) groups excluding carboxylic acids is 1. The Morgan fingerprint density at radius 2 is 2.08 bits per heavy atom. The van der Waals surface area contributed by atoms with Gasteiger partial charge < -0.3 is 15.6 Å². The summed E-state index contributed by atoms with van der Waals surface area (Å²) in [4.78, 5) is 20.4. The fraction of sp³-hybridized carbons (Fsp3) is 0.600. The van der Waals surface area contributed by atoms with Gasteiger partial charge in [-0.25, -0.2) is 0 Å². The summed E-state index contributed by atoms with van der Waals surface area (Å²) in [6, 6.07) is -1.18. The molecule has 0 radical (unpaired) electrons. The van der Waals surface area contributed by atoms with Gasteiger partial charge >= 0.3 is 11.9 Å². The molecular weight excluding hydrogens is 253 g/mol. The van der Waals surface area contributed by atoms with Gasteiger partial charge in [-0.05, 0) is 0 Å². The van der Waals surface area contributed by atoms with Gasteiger partial charge in [0.25, 0.3) is 0 Å².